The quantitative estimate of drug-likeness (QED) is 0.278. The van der Waals surface area contributed by atoms with Crippen molar-refractivity contribution in [2.75, 3.05) is 0 Å². The van der Waals surface area contributed by atoms with E-state index in [0.29, 0.717) is 12.2 Å². The summed E-state index contributed by atoms with van der Waals surface area (Å²) < 4.78 is 0. The fourth-order valence-corrected chi connectivity index (χ4v) is 2.69. The Hall–Kier alpha value is -2.06. The molecule has 0 radical (unpaired) electrons. The van der Waals surface area contributed by atoms with E-state index in [1.807, 2.05) is 32.0 Å². The van der Waals surface area contributed by atoms with E-state index >= 15 is 0 Å². The Morgan fingerprint density at radius 2 is 1.85 bits per heavy atom. The van der Waals surface area contributed by atoms with Crippen molar-refractivity contribution in [2.45, 2.75) is 47.5 Å². The van der Waals surface area contributed by atoms with Crippen molar-refractivity contribution in [3.8, 4) is 0 Å². The van der Waals surface area contributed by atoms with Crippen LogP contribution in [-0.4, -0.2) is 5.71 Å². The Kier molecular flexibility index (Phi) is 9.15. The largest absolute Gasteiger partial charge is 0.362 e. The molecule has 26 heavy (non-hydrogen) atoms. The SMILES string of the molecule is C.C=C(O/N=C(\C)Cc1ccc(C)c(Cl)c1)C(C)CCc1ccccc1. The van der Waals surface area contributed by atoms with E-state index in [2.05, 4.69) is 49.0 Å². The van der Waals surface area contributed by atoms with E-state index in [1.54, 1.807) is 0 Å². The van der Waals surface area contributed by atoms with Gasteiger partial charge in [-0.2, -0.15) is 0 Å². The van der Waals surface area contributed by atoms with Crippen molar-refractivity contribution >= 4 is 17.3 Å². The van der Waals surface area contributed by atoms with Crippen LogP contribution in [0.2, 0.25) is 5.02 Å². The molecule has 0 amide bonds. The van der Waals surface area contributed by atoms with Crippen LogP contribution < -0.4 is 0 Å². The lowest BCUT2D eigenvalue weighted by Crippen LogP contribution is -2.04. The second-order valence-corrected chi connectivity index (χ2v) is 6.98. The van der Waals surface area contributed by atoms with E-state index in [4.69, 9.17) is 16.4 Å². The van der Waals surface area contributed by atoms with Gasteiger partial charge < -0.3 is 4.84 Å². The summed E-state index contributed by atoms with van der Waals surface area (Å²) in [6.07, 6.45) is 2.71. The third-order valence-corrected chi connectivity index (χ3v) is 4.68. The molecule has 3 heteroatoms. The first-order valence-corrected chi connectivity index (χ1v) is 9.01. The van der Waals surface area contributed by atoms with Gasteiger partial charge in [-0.3, -0.25) is 0 Å². The molecule has 0 spiro atoms. The second kappa shape index (κ2) is 10.8. The summed E-state index contributed by atoms with van der Waals surface area (Å²) in [5.41, 5.74) is 4.44. The van der Waals surface area contributed by atoms with Gasteiger partial charge >= 0.3 is 0 Å². The van der Waals surface area contributed by atoms with Crippen LogP contribution >= 0.6 is 11.6 Å². The number of halogens is 1. The molecule has 0 aliphatic carbocycles. The third kappa shape index (κ3) is 7.05. The van der Waals surface area contributed by atoms with Crippen LogP contribution in [0.15, 0.2) is 66.0 Å². The first kappa shape index (κ1) is 22.0. The van der Waals surface area contributed by atoms with E-state index in [1.165, 1.54) is 5.56 Å². The Morgan fingerprint density at radius 1 is 1.15 bits per heavy atom. The Labute approximate surface area is 163 Å². The minimum atomic E-state index is 0. The van der Waals surface area contributed by atoms with Crippen molar-refractivity contribution in [1.82, 2.24) is 0 Å². The Balaban J connectivity index is 0.00000338. The highest BCUT2D eigenvalue weighted by atomic mass is 35.5. The highest BCUT2D eigenvalue weighted by molar-refractivity contribution is 6.31. The molecule has 0 aliphatic heterocycles. The van der Waals surface area contributed by atoms with Crippen LogP contribution in [0.5, 0.6) is 0 Å². The number of oxime groups is 1. The van der Waals surface area contributed by atoms with E-state index in [0.717, 1.165) is 34.7 Å². The van der Waals surface area contributed by atoms with Crippen molar-refractivity contribution in [1.29, 1.82) is 0 Å². The molecule has 0 saturated heterocycles. The van der Waals surface area contributed by atoms with Gasteiger partial charge in [0.1, 0.15) is 5.76 Å². The fourth-order valence-electron chi connectivity index (χ4n) is 2.49. The number of allylic oxidation sites excluding steroid dienone is 1. The average Bonchev–Trinajstić information content (AvgIpc) is 2.61. The lowest BCUT2D eigenvalue weighted by Gasteiger charge is -2.13. The van der Waals surface area contributed by atoms with Crippen LogP contribution in [0.3, 0.4) is 0 Å². The van der Waals surface area contributed by atoms with Gasteiger partial charge in [0, 0.05) is 17.4 Å². The van der Waals surface area contributed by atoms with Gasteiger partial charge in [-0.05, 0) is 49.4 Å². The van der Waals surface area contributed by atoms with Crippen molar-refractivity contribution in [3.05, 3.63) is 82.6 Å². The topological polar surface area (TPSA) is 21.6 Å². The standard InChI is InChI=1S/C22H26ClNO.CH4/c1-16(10-12-20-8-6-5-7-9-20)19(4)25-24-18(3)14-21-13-11-17(2)22(23)15-21;/h5-9,11,13,15-16H,4,10,12,14H2,1-3H3;1H4/b24-18+;. The molecule has 2 aromatic carbocycles. The predicted molar refractivity (Wildman–Crippen MR) is 114 cm³/mol. The zero-order valence-electron chi connectivity index (χ0n) is 15.3. The van der Waals surface area contributed by atoms with Crippen LogP contribution in [-0.2, 0) is 17.7 Å². The minimum Gasteiger partial charge on any atom is -0.362 e. The molecule has 1 unspecified atom stereocenters. The normalized spacial score (nSPS) is 12.2. The number of nitrogens with zero attached hydrogens (tertiary/aromatic N) is 1. The van der Waals surface area contributed by atoms with Gasteiger partial charge in [-0.25, -0.2) is 0 Å². The number of benzene rings is 2. The fraction of sp³-hybridized carbons (Fsp3) is 0.348. The third-order valence-electron chi connectivity index (χ3n) is 4.27. The van der Waals surface area contributed by atoms with Crippen LogP contribution in [0, 0.1) is 12.8 Å². The second-order valence-electron chi connectivity index (χ2n) is 6.57. The summed E-state index contributed by atoms with van der Waals surface area (Å²) in [6, 6.07) is 16.5. The van der Waals surface area contributed by atoms with Crippen LogP contribution in [0.25, 0.3) is 0 Å². The highest BCUT2D eigenvalue weighted by Crippen LogP contribution is 2.19. The highest BCUT2D eigenvalue weighted by Gasteiger charge is 2.09. The average molecular weight is 372 g/mol. The van der Waals surface area contributed by atoms with Crippen LogP contribution in [0.1, 0.15) is 44.4 Å². The molecule has 1 atom stereocenters. The molecule has 140 valence electrons. The van der Waals surface area contributed by atoms with Crippen molar-refractivity contribution < 1.29 is 4.84 Å². The van der Waals surface area contributed by atoms with E-state index < -0.39 is 0 Å². The molecule has 0 N–H and O–H groups in total. The number of hydrogen-bond donors (Lipinski definition) is 0. The van der Waals surface area contributed by atoms with Gasteiger partial charge in [0.05, 0.1) is 5.71 Å². The molecular formula is C23H30ClNO. The van der Waals surface area contributed by atoms with Gasteiger partial charge in [-0.15, -0.1) is 0 Å². The summed E-state index contributed by atoms with van der Waals surface area (Å²) in [5.74, 6) is 0.961. The smallest absolute Gasteiger partial charge is 0.130 e. The summed E-state index contributed by atoms with van der Waals surface area (Å²) >= 11 is 6.17. The van der Waals surface area contributed by atoms with E-state index in [9.17, 15) is 0 Å². The summed E-state index contributed by atoms with van der Waals surface area (Å²) in [5, 5.41) is 5.00. The maximum atomic E-state index is 6.17. The van der Waals surface area contributed by atoms with Crippen molar-refractivity contribution in [3.63, 3.8) is 0 Å². The molecule has 0 heterocycles. The van der Waals surface area contributed by atoms with Gasteiger partial charge in [0.2, 0.25) is 0 Å². The summed E-state index contributed by atoms with van der Waals surface area (Å²) in [7, 11) is 0. The molecule has 0 bridgehead atoms. The molecule has 2 aromatic rings. The zero-order valence-corrected chi connectivity index (χ0v) is 16.0. The lowest BCUT2D eigenvalue weighted by molar-refractivity contribution is 0.191. The maximum absolute atomic E-state index is 6.17. The molecule has 0 aromatic heterocycles. The predicted octanol–water partition coefficient (Wildman–Crippen LogP) is 7.00. The van der Waals surface area contributed by atoms with Gasteiger partial charge in [0.25, 0.3) is 0 Å². The summed E-state index contributed by atoms with van der Waals surface area (Å²) in [6.45, 7) is 10.1. The number of aryl methyl sites for hydroxylation is 2. The molecule has 2 rings (SSSR count). The summed E-state index contributed by atoms with van der Waals surface area (Å²) in [4.78, 5) is 5.54. The van der Waals surface area contributed by atoms with E-state index in [-0.39, 0.29) is 13.3 Å². The first-order chi connectivity index (χ1) is 12.0. The first-order valence-electron chi connectivity index (χ1n) is 8.64. The molecule has 2 nitrogen and oxygen atoms in total. The monoisotopic (exact) mass is 371 g/mol. The minimum absolute atomic E-state index is 0. The zero-order chi connectivity index (χ0) is 18.2. The number of rotatable bonds is 8. The molecule has 0 fully saturated rings. The van der Waals surface area contributed by atoms with Gasteiger partial charge in [0.15, 0.2) is 0 Å². The molecule has 0 saturated carbocycles. The Morgan fingerprint density at radius 3 is 2.50 bits per heavy atom. The molecular weight excluding hydrogens is 342 g/mol. The van der Waals surface area contributed by atoms with Crippen LogP contribution in [0.4, 0.5) is 0 Å². The maximum Gasteiger partial charge on any atom is 0.130 e. The Bertz CT molecular complexity index is 737. The van der Waals surface area contributed by atoms with Crippen molar-refractivity contribution in [2.24, 2.45) is 11.1 Å². The number of hydrogen-bond acceptors (Lipinski definition) is 2. The molecule has 0 aliphatic rings. The van der Waals surface area contributed by atoms with Gasteiger partial charge in [-0.1, -0.05) is 80.2 Å². The lowest BCUT2D eigenvalue weighted by atomic mass is 10.00.